The average Bonchev–Trinajstić information content (AvgIpc) is 3.55. The van der Waals surface area contributed by atoms with Crippen LogP contribution in [-0.2, 0) is 48.2 Å². The quantitative estimate of drug-likeness (QED) is 0.0938. The normalized spacial score (nSPS) is 25.9. The number of hydrogen-bond acceptors (Lipinski definition) is 19. The summed E-state index contributed by atoms with van der Waals surface area (Å²) in [5, 5.41) is 92.8. The molecule has 5 aromatic rings. The predicted octanol–water partition coefficient (Wildman–Crippen LogP) is 3.66. The number of aromatic nitrogens is 2. The maximum Gasteiger partial charge on any atom is 0.255 e. The molecule has 8 atom stereocenters. The summed E-state index contributed by atoms with van der Waals surface area (Å²) in [6.07, 6.45) is 7.17. The Bertz CT molecular complexity index is 3630. The van der Waals surface area contributed by atoms with Gasteiger partial charge in [0.2, 0.25) is 11.6 Å². The molecule has 6 aliphatic carbocycles. The standard InChI is InChI=1S/C33H32N4O7.C26H25N3O7/c1-37(2)27-22-13-18-12-21-20(17-7-5-16(6-8-17)14-36-19-4-3-11-35-15-19)9-10-23(38)25(21)28(39)24(18)30(41)33(22,44)31(42)26(29(27)40)32(34)43;1-29(2)20-15-10-12-9-14-13(11-5-7-28-8-6-11)3-4-16(30)18(14)21(31)17(12)23(33)26(15,36)24(34)19(22(20)32)25(27)35/h3-11,15,18,22,27,36,38-39,42,44H,12-14H2,1-2H3,(H2,34,43);3-8,12,15,20,30-31,34,36H,9-10H2,1-2H3,(H2,27,35)/t18-,22-,27-,33-;12-,15-,20-,26-/m00/s1. The molecule has 21 heteroatoms. The van der Waals surface area contributed by atoms with Crippen LogP contribution in [0, 0.1) is 23.7 Å². The number of likely N-dealkylation sites (N-methyl/N-ethyl adjacent to an activating group) is 2. The number of nitrogens with two attached hydrogens (primary N) is 2. The van der Waals surface area contributed by atoms with E-state index in [0.717, 1.165) is 33.5 Å². The van der Waals surface area contributed by atoms with E-state index in [9.17, 15) is 69.6 Å². The van der Waals surface area contributed by atoms with Crippen LogP contribution in [-0.4, -0.2) is 147 Å². The zero-order valence-corrected chi connectivity index (χ0v) is 43.7. The van der Waals surface area contributed by atoms with Gasteiger partial charge in [-0.2, -0.15) is 0 Å². The van der Waals surface area contributed by atoms with Crippen molar-refractivity contribution in [3.05, 3.63) is 159 Å². The van der Waals surface area contributed by atoms with Crippen LogP contribution >= 0.6 is 0 Å². The fourth-order valence-electron chi connectivity index (χ4n) is 13.0. The molecule has 13 N–H and O–H groups in total. The van der Waals surface area contributed by atoms with Gasteiger partial charge in [0.25, 0.3) is 11.8 Å². The Labute approximate surface area is 457 Å². The summed E-state index contributed by atoms with van der Waals surface area (Å²) in [5.74, 6) is -13.4. The second kappa shape index (κ2) is 20.0. The number of anilines is 1. The van der Waals surface area contributed by atoms with Gasteiger partial charge in [-0.15, -0.1) is 0 Å². The molecular formula is C59H57N7O14. The highest BCUT2D eigenvalue weighted by Crippen LogP contribution is 2.56. The second-order valence-electron chi connectivity index (χ2n) is 21.4. The van der Waals surface area contributed by atoms with E-state index in [1.54, 1.807) is 77.2 Å². The molecule has 2 heterocycles. The number of carbonyl (C=O) groups excluding carboxylic acids is 6. The number of carbonyl (C=O) groups is 6. The molecular weight excluding hydrogens is 1030 g/mol. The summed E-state index contributed by atoms with van der Waals surface area (Å²) in [5.41, 5.74) is 9.70. The van der Waals surface area contributed by atoms with Gasteiger partial charge in [0, 0.05) is 54.3 Å². The van der Waals surface area contributed by atoms with Crippen LogP contribution < -0.4 is 16.8 Å². The first-order valence-corrected chi connectivity index (χ1v) is 25.6. The van der Waals surface area contributed by atoms with Crippen LogP contribution in [0.15, 0.2) is 131 Å². The maximum absolute atomic E-state index is 14.0. The van der Waals surface area contributed by atoms with Gasteiger partial charge in [-0.25, -0.2) is 0 Å². The number of phenolic OH excluding ortho intramolecular Hbond substituents is 2. The van der Waals surface area contributed by atoms with Crippen LogP contribution in [0.25, 0.3) is 33.8 Å². The maximum atomic E-state index is 14.0. The number of hydrogen-bond donors (Lipinski definition) is 11. The number of ketones is 4. The fraction of sp³-hybridized carbons (Fsp3) is 0.288. The van der Waals surface area contributed by atoms with E-state index in [2.05, 4.69) is 15.3 Å². The molecule has 80 heavy (non-hydrogen) atoms. The molecule has 0 saturated heterocycles. The number of Topliss-reactive ketones (excluding diaryl/α,β-unsaturated/α-hetero) is 4. The number of fused-ring (bicyclic) bond motifs is 6. The minimum absolute atomic E-state index is 0.0276. The van der Waals surface area contributed by atoms with E-state index in [-0.39, 0.29) is 59.5 Å². The summed E-state index contributed by atoms with van der Waals surface area (Å²) >= 11 is 0. The van der Waals surface area contributed by atoms with Crippen molar-refractivity contribution in [1.29, 1.82) is 0 Å². The van der Waals surface area contributed by atoms with E-state index in [1.807, 2.05) is 36.4 Å². The number of nitrogens with zero attached hydrogens (tertiary/aromatic N) is 4. The average molecular weight is 1090 g/mol. The van der Waals surface area contributed by atoms with E-state index in [0.29, 0.717) is 17.7 Å². The summed E-state index contributed by atoms with van der Waals surface area (Å²) in [6.45, 7) is 0.575. The van der Waals surface area contributed by atoms with Gasteiger partial charge in [0.1, 0.15) is 45.7 Å². The number of aliphatic hydroxyl groups is 6. The van der Waals surface area contributed by atoms with Gasteiger partial charge in [-0.3, -0.25) is 48.5 Å². The van der Waals surface area contributed by atoms with Crippen LogP contribution in [0.5, 0.6) is 11.5 Å². The zero-order valence-electron chi connectivity index (χ0n) is 43.7. The van der Waals surface area contributed by atoms with Crippen LogP contribution in [0.3, 0.4) is 0 Å². The molecule has 2 aromatic heterocycles. The Morgan fingerprint density at radius 1 is 0.600 bits per heavy atom. The second-order valence-corrected chi connectivity index (χ2v) is 21.4. The molecule has 6 aliphatic rings. The summed E-state index contributed by atoms with van der Waals surface area (Å²) in [4.78, 5) is 89.6. The molecule has 21 nitrogen and oxygen atoms in total. The first kappa shape index (κ1) is 54.3. The molecule has 412 valence electrons. The van der Waals surface area contributed by atoms with E-state index in [4.69, 9.17) is 11.5 Å². The van der Waals surface area contributed by atoms with Gasteiger partial charge in [0.15, 0.2) is 22.8 Å². The molecule has 2 fully saturated rings. The third-order valence-electron chi connectivity index (χ3n) is 16.6. The minimum Gasteiger partial charge on any atom is -0.508 e. The van der Waals surface area contributed by atoms with Gasteiger partial charge in [-0.1, -0.05) is 36.4 Å². The van der Waals surface area contributed by atoms with Crippen molar-refractivity contribution in [2.24, 2.45) is 35.1 Å². The summed E-state index contributed by atoms with van der Waals surface area (Å²) in [7, 11) is 6.26. The van der Waals surface area contributed by atoms with Crippen molar-refractivity contribution in [3.63, 3.8) is 0 Å². The number of amides is 2. The number of primary amides is 2. The predicted molar refractivity (Wildman–Crippen MR) is 289 cm³/mol. The number of nitrogens with one attached hydrogen (secondary N) is 1. The molecule has 2 amide bonds. The van der Waals surface area contributed by atoms with Crippen molar-refractivity contribution < 1.29 is 69.6 Å². The topological polar surface area (TPSA) is 361 Å². The van der Waals surface area contributed by atoms with Gasteiger partial charge >= 0.3 is 0 Å². The van der Waals surface area contributed by atoms with Crippen LogP contribution in [0.4, 0.5) is 5.69 Å². The number of aromatic hydroxyl groups is 2. The van der Waals surface area contributed by atoms with Crippen LogP contribution in [0.2, 0.25) is 0 Å². The van der Waals surface area contributed by atoms with E-state index < -0.39 is 116 Å². The molecule has 0 radical (unpaired) electrons. The number of benzene rings is 3. The van der Waals surface area contributed by atoms with Crippen molar-refractivity contribution in [2.45, 2.75) is 55.5 Å². The largest absolute Gasteiger partial charge is 0.508 e. The Balaban J connectivity index is 0.000000184. The highest BCUT2D eigenvalue weighted by atomic mass is 16.4. The number of phenols is 2. The Hall–Kier alpha value is -9.02. The third kappa shape index (κ3) is 8.30. The monoisotopic (exact) mass is 1090 g/mol. The molecule has 0 bridgehead atoms. The van der Waals surface area contributed by atoms with Crippen molar-refractivity contribution in [2.75, 3.05) is 33.5 Å². The van der Waals surface area contributed by atoms with Gasteiger partial charge < -0.3 is 57.6 Å². The lowest BCUT2D eigenvalue weighted by molar-refractivity contribution is -0.155. The number of rotatable bonds is 9. The van der Waals surface area contributed by atoms with E-state index >= 15 is 0 Å². The van der Waals surface area contributed by atoms with Gasteiger partial charge in [-0.05, 0) is 141 Å². The Kier molecular flexibility index (Phi) is 13.6. The SMILES string of the molecule is CN(C)[C@@H]1C(=O)C(C(N)=O)=C(O)[C@@]2(O)C(=O)C3=C(O)c4c(O)ccc(-c5ccc(CNc6cccnc6)cc5)c4C[C@H]3C[C@@H]12.CN(C)[C@@H]1C(=O)C(C(N)=O)=C(O)[C@@]2(O)C(=O)C3=C(O)c4c(O)ccc(-c5ccncc5)c4C[C@H]3C[C@@H]12. The molecule has 0 unspecified atom stereocenters. The zero-order chi connectivity index (χ0) is 57.6. The Morgan fingerprint density at radius 3 is 1.44 bits per heavy atom. The summed E-state index contributed by atoms with van der Waals surface area (Å²) < 4.78 is 0. The lowest BCUT2D eigenvalue weighted by Gasteiger charge is -2.50. The smallest absolute Gasteiger partial charge is 0.255 e. The van der Waals surface area contributed by atoms with Crippen molar-refractivity contribution >= 4 is 52.2 Å². The Morgan fingerprint density at radius 2 is 1.04 bits per heavy atom. The first-order valence-electron chi connectivity index (χ1n) is 25.6. The molecule has 2 saturated carbocycles. The summed E-state index contributed by atoms with van der Waals surface area (Å²) in [6, 6.07) is 19.2. The number of aliphatic hydroxyl groups excluding tert-OH is 4. The van der Waals surface area contributed by atoms with Crippen molar-refractivity contribution in [3.8, 4) is 33.8 Å². The number of pyridine rings is 2. The van der Waals surface area contributed by atoms with Crippen molar-refractivity contribution in [1.82, 2.24) is 19.8 Å². The minimum atomic E-state index is -2.67. The lowest BCUT2D eigenvalue weighted by atomic mass is 9.57. The fourth-order valence-corrected chi connectivity index (χ4v) is 13.0. The highest BCUT2D eigenvalue weighted by molar-refractivity contribution is 6.25. The van der Waals surface area contributed by atoms with Gasteiger partial charge in [0.05, 0.1) is 28.9 Å². The first-order chi connectivity index (χ1) is 37.9. The molecule has 11 rings (SSSR count). The lowest BCUT2D eigenvalue weighted by Crippen LogP contribution is -2.65. The van der Waals surface area contributed by atoms with Crippen LogP contribution in [0.1, 0.15) is 40.7 Å². The highest BCUT2D eigenvalue weighted by Gasteiger charge is 2.66. The van der Waals surface area contributed by atoms with E-state index in [1.165, 1.54) is 21.9 Å². The molecule has 0 spiro atoms. The third-order valence-corrected chi connectivity index (χ3v) is 16.6. The molecule has 3 aromatic carbocycles. The molecule has 0 aliphatic heterocycles.